The summed E-state index contributed by atoms with van der Waals surface area (Å²) in [6, 6.07) is 18.4. The van der Waals surface area contributed by atoms with Gasteiger partial charge in [0.2, 0.25) is 0 Å². The monoisotopic (exact) mass is 287 g/mol. The largest absolute Gasteiger partial charge is 0.497 e. The fourth-order valence-electron chi connectivity index (χ4n) is 3.29. The molecule has 0 unspecified atom stereocenters. The second-order valence-electron chi connectivity index (χ2n) is 5.50. The summed E-state index contributed by atoms with van der Waals surface area (Å²) in [5.74, 6) is 0.854. The molecule has 22 heavy (non-hydrogen) atoms. The van der Waals surface area contributed by atoms with E-state index in [0.717, 1.165) is 38.7 Å². The van der Waals surface area contributed by atoms with Crippen molar-refractivity contribution in [3.8, 4) is 5.75 Å². The molecule has 0 atom stereocenters. The van der Waals surface area contributed by atoms with Gasteiger partial charge in [-0.2, -0.15) is 0 Å². The van der Waals surface area contributed by atoms with Gasteiger partial charge >= 0.3 is 0 Å². The Kier molecular flexibility index (Phi) is 2.15. The Hall–Kier alpha value is -2.94. The van der Waals surface area contributed by atoms with Crippen LogP contribution in [0.4, 0.5) is 0 Å². The first kappa shape index (κ1) is 11.7. The number of ether oxygens (including phenoxy) is 1. The van der Waals surface area contributed by atoms with Crippen LogP contribution >= 0.6 is 0 Å². The number of benzene rings is 3. The van der Waals surface area contributed by atoms with E-state index < -0.39 is 0 Å². The number of aromatic nitrogens is 1. The molecule has 0 amide bonds. The average Bonchev–Trinajstić information content (AvgIpc) is 3.11. The summed E-state index contributed by atoms with van der Waals surface area (Å²) >= 11 is 0. The summed E-state index contributed by atoms with van der Waals surface area (Å²) in [5.41, 5.74) is 4.02. The van der Waals surface area contributed by atoms with Gasteiger partial charge in [0.25, 0.3) is 0 Å². The van der Waals surface area contributed by atoms with Crippen LogP contribution < -0.4 is 4.74 Å². The van der Waals surface area contributed by atoms with Crippen LogP contribution in [0.3, 0.4) is 0 Å². The highest BCUT2D eigenvalue weighted by Crippen LogP contribution is 2.37. The third kappa shape index (κ3) is 1.40. The molecule has 2 heterocycles. The quantitative estimate of drug-likeness (QED) is 0.458. The topological polar surface area (TPSA) is 38.2 Å². The summed E-state index contributed by atoms with van der Waals surface area (Å²) in [4.78, 5) is 3.53. The van der Waals surface area contributed by atoms with Crippen LogP contribution in [0.2, 0.25) is 0 Å². The Bertz CT molecular complexity index is 1160. The lowest BCUT2D eigenvalue weighted by molar-refractivity contribution is 0.415. The molecule has 2 aromatic heterocycles. The minimum absolute atomic E-state index is 0.854. The molecule has 3 nitrogen and oxygen atoms in total. The van der Waals surface area contributed by atoms with Crippen molar-refractivity contribution in [2.45, 2.75) is 0 Å². The lowest BCUT2D eigenvalue weighted by Gasteiger charge is -1.98. The van der Waals surface area contributed by atoms with E-state index >= 15 is 0 Å². The van der Waals surface area contributed by atoms with Crippen LogP contribution in [0.5, 0.6) is 5.75 Å². The third-order valence-corrected chi connectivity index (χ3v) is 4.32. The maximum Gasteiger partial charge on any atom is 0.137 e. The van der Waals surface area contributed by atoms with Crippen molar-refractivity contribution in [3.63, 3.8) is 0 Å². The Morgan fingerprint density at radius 2 is 1.73 bits per heavy atom. The molecule has 1 N–H and O–H groups in total. The lowest BCUT2D eigenvalue weighted by Crippen LogP contribution is -1.80. The van der Waals surface area contributed by atoms with Gasteiger partial charge in [-0.15, -0.1) is 0 Å². The highest BCUT2D eigenvalue weighted by Gasteiger charge is 2.13. The van der Waals surface area contributed by atoms with E-state index in [1.54, 1.807) is 7.11 Å². The van der Waals surface area contributed by atoms with Crippen molar-refractivity contribution in [2.24, 2.45) is 0 Å². The maximum atomic E-state index is 5.96. The molecule has 0 bridgehead atoms. The zero-order valence-corrected chi connectivity index (χ0v) is 12.0. The number of H-pyrrole nitrogens is 1. The lowest BCUT2D eigenvalue weighted by atomic mass is 10.1. The summed E-state index contributed by atoms with van der Waals surface area (Å²) in [7, 11) is 1.69. The number of hydrogen-bond acceptors (Lipinski definition) is 2. The average molecular weight is 287 g/mol. The number of furan rings is 1. The third-order valence-electron chi connectivity index (χ3n) is 4.32. The Morgan fingerprint density at radius 3 is 2.64 bits per heavy atom. The molecule has 0 saturated heterocycles. The SMILES string of the molecule is COc1ccc2c(c1)[nH]c1c2ccc2oc3ccccc3c21. The zero-order chi connectivity index (χ0) is 14.7. The fraction of sp³-hybridized carbons (Fsp3) is 0.0526. The highest BCUT2D eigenvalue weighted by molar-refractivity contribution is 6.23. The van der Waals surface area contributed by atoms with Crippen LogP contribution in [-0.4, -0.2) is 12.1 Å². The molecule has 3 heteroatoms. The minimum atomic E-state index is 0.854. The van der Waals surface area contributed by atoms with E-state index in [-0.39, 0.29) is 0 Å². The minimum Gasteiger partial charge on any atom is -0.497 e. The Morgan fingerprint density at radius 1 is 0.864 bits per heavy atom. The van der Waals surface area contributed by atoms with E-state index in [1.165, 1.54) is 10.8 Å². The summed E-state index contributed by atoms with van der Waals surface area (Å²) in [6.45, 7) is 0. The molecule has 106 valence electrons. The van der Waals surface area contributed by atoms with Crippen molar-refractivity contribution < 1.29 is 9.15 Å². The predicted octanol–water partition coefficient (Wildman–Crippen LogP) is 5.23. The van der Waals surface area contributed by atoms with E-state index in [0.29, 0.717) is 0 Å². The van der Waals surface area contributed by atoms with Crippen molar-refractivity contribution in [2.75, 3.05) is 7.11 Å². The van der Waals surface area contributed by atoms with Gasteiger partial charge in [-0.3, -0.25) is 0 Å². The number of fused-ring (bicyclic) bond motifs is 7. The molecule has 0 aliphatic rings. The van der Waals surface area contributed by atoms with Crippen LogP contribution in [-0.2, 0) is 0 Å². The van der Waals surface area contributed by atoms with Crippen LogP contribution in [0.25, 0.3) is 43.7 Å². The van der Waals surface area contributed by atoms with Crippen LogP contribution in [0, 0.1) is 0 Å². The number of rotatable bonds is 1. The summed E-state index contributed by atoms with van der Waals surface area (Å²) in [5, 5.41) is 4.68. The van der Waals surface area contributed by atoms with E-state index in [9.17, 15) is 0 Å². The molecule has 0 saturated carbocycles. The maximum absolute atomic E-state index is 5.96. The molecular formula is C19H13NO2. The molecule has 0 aliphatic carbocycles. The number of hydrogen-bond donors (Lipinski definition) is 1. The summed E-state index contributed by atoms with van der Waals surface area (Å²) < 4.78 is 11.3. The fourth-order valence-corrected chi connectivity index (χ4v) is 3.29. The highest BCUT2D eigenvalue weighted by atomic mass is 16.5. The van der Waals surface area contributed by atoms with Gasteiger partial charge in [0, 0.05) is 22.2 Å². The number of nitrogens with one attached hydrogen (secondary N) is 1. The second-order valence-corrected chi connectivity index (χ2v) is 5.50. The molecule has 5 rings (SSSR count). The first-order valence-corrected chi connectivity index (χ1v) is 7.25. The van der Waals surface area contributed by atoms with Gasteiger partial charge in [-0.1, -0.05) is 18.2 Å². The second kappa shape index (κ2) is 4.04. The standard InChI is InChI=1S/C19H13NO2/c1-21-11-6-7-12-13-8-9-17-18(19(13)20-15(12)10-11)14-4-2-3-5-16(14)22-17/h2-10,20H,1H3. The van der Waals surface area contributed by atoms with Gasteiger partial charge < -0.3 is 14.1 Å². The normalized spacial score (nSPS) is 11.9. The Balaban J connectivity index is 2.03. The number of para-hydroxylation sites is 1. The van der Waals surface area contributed by atoms with Crippen LogP contribution in [0.15, 0.2) is 59.0 Å². The van der Waals surface area contributed by atoms with Crippen molar-refractivity contribution in [1.82, 2.24) is 4.98 Å². The molecular weight excluding hydrogens is 274 g/mol. The zero-order valence-electron chi connectivity index (χ0n) is 12.0. The molecule has 0 fully saturated rings. The first-order chi connectivity index (χ1) is 10.8. The molecule has 0 spiro atoms. The van der Waals surface area contributed by atoms with Crippen LogP contribution in [0.1, 0.15) is 0 Å². The number of methoxy groups -OCH3 is 1. The molecule has 5 aromatic rings. The first-order valence-electron chi connectivity index (χ1n) is 7.25. The molecule has 0 aliphatic heterocycles. The molecule has 0 radical (unpaired) electrons. The van der Waals surface area contributed by atoms with Gasteiger partial charge in [0.1, 0.15) is 16.9 Å². The number of aromatic amines is 1. The van der Waals surface area contributed by atoms with Gasteiger partial charge in [0.15, 0.2) is 0 Å². The van der Waals surface area contributed by atoms with Crippen molar-refractivity contribution in [1.29, 1.82) is 0 Å². The van der Waals surface area contributed by atoms with E-state index in [2.05, 4.69) is 29.2 Å². The van der Waals surface area contributed by atoms with Gasteiger partial charge in [-0.25, -0.2) is 0 Å². The van der Waals surface area contributed by atoms with Crippen molar-refractivity contribution in [3.05, 3.63) is 54.6 Å². The van der Waals surface area contributed by atoms with Gasteiger partial charge in [0.05, 0.1) is 23.5 Å². The van der Waals surface area contributed by atoms with Gasteiger partial charge in [-0.05, 0) is 30.3 Å². The molecule has 3 aromatic carbocycles. The Labute approximate surface area is 126 Å². The van der Waals surface area contributed by atoms with Crippen molar-refractivity contribution >= 4 is 43.7 Å². The van der Waals surface area contributed by atoms with E-state index in [1.807, 2.05) is 30.3 Å². The van der Waals surface area contributed by atoms with E-state index in [4.69, 9.17) is 9.15 Å². The smallest absolute Gasteiger partial charge is 0.137 e. The predicted molar refractivity (Wildman–Crippen MR) is 89.6 cm³/mol. The summed E-state index contributed by atoms with van der Waals surface area (Å²) in [6.07, 6.45) is 0.